The summed E-state index contributed by atoms with van der Waals surface area (Å²) in [4.78, 5) is 10.7. The van der Waals surface area contributed by atoms with Crippen molar-refractivity contribution in [2.24, 2.45) is 11.7 Å². The molecule has 1 saturated heterocycles. The molecule has 1 heterocycles. The van der Waals surface area contributed by atoms with Gasteiger partial charge in [0.05, 0.1) is 17.6 Å². The van der Waals surface area contributed by atoms with Crippen molar-refractivity contribution in [2.75, 3.05) is 6.54 Å². The Bertz CT molecular complexity index is 241. The summed E-state index contributed by atoms with van der Waals surface area (Å²) in [6, 6.07) is 0. The molecular weight excluding hydrogens is 218 g/mol. The second kappa shape index (κ2) is 4.68. The number of aliphatic carboxylic acids is 1. The van der Waals surface area contributed by atoms with Gasteiger partial charge in [0.25, 0.3) is 0 Å². The summed E-state index contributed by atoms with van der Waals surface area (Å²) < 4.78 is 5.85. The van der Waals surface area contributed by atoms with Crippen molar-refractivity contribution in [3.05, 3.63) is 0 Å². The average Bonchev–Trinajstić information content (AvgIpc) is 2.14. The highest BCUT2D eigenvalue weighted by atomic mass is 35.5. The van der Waals surface area contributed by atoms with E-state index in [-0.39, 0.29) is 30.0 Å². The summed E-state index contributed by atoms with van der Waals surface area (Å²) in [6.45, 7) is 0.555. The van der Waals surface area contributed by atoms with Crippen LogP contribution in [0.2, 0.25) is 0 Å². The maximum atomic E-state index is 10.7. The van der Waals surface area contributed by atoms with Crippen molar-refractivity contribution in [3.63, 3.8) is 0 Å². The van der Waals surface area contributed by atoms with Gasteiger partial charge in [0.2, 0.25) is 0 Å². The number of nitrogens with two attached hydrogens (primary N) is 1. The van der Waals surface area contributed by atoms with Crippen molar-refractivity contribution >= 4 is 18.4 Å². The summed E-state index contributed by atoms with van der Waals surface area (Å²) in [7, 11) is 0. The first-order valence-electron chi connectivity index (χ1n) is 5.26. The van der Waals surface area contributed by atoms with E-state index >= 15 is 0 Å². The standard InChI is InChI=1S/C10H17NO3.ClH/c11-6-8-2-1-3-10(14-8)4-7(5-10)9(12)13;/h7-8H,1-6,11H2,(H,12,13);1H. The minimum atomic E-state index is -0.686. The lowest BCUT2D eigenvalue weighted by molar-refractivity contribution is -0.197. The van der Waals surface area contributed by atoms with Crippen LogP contribution >= 0.6 is 12.4 Å². The predicted octanol–water partition coefficient (Wildman–Crippen LogP) is 1.17. The second-order valence-electron chi connectivity index (χ2n) is 4.49. The van der Waals surface area contributed by atoms with Gasteiger partial charge >= 0.3 is 5.97 Å². The van der Waals surface area contributed by atoms with E-state index < -0.39 is 5.97 Å². The molecular formula is C10H18ClNO3. The molecule has 4 nitrogen and oxygen atoms in total. The molecule has 88 valence electrons. The zero-order valence-corrected chi connectivity index (χ0v) is 9.46. The van der Waals surface area contributed by atoms with E-state index in [1.807, 2.05) is 0 Å². The van der Waals surface area contributed by atoms with Crippen molar-refractivity contribution in [1.29, 1.82) is 0 Å². The summed E-state index contributed by atoms with van der Waals surface area (Å²) in [6.07, 6.45) is 4.66. The molecule has 1 unspecified atom stereocenters. The van der Waals surface area contributed by atoms with E-state index in [4.69, 9.17) is 15.6 Å². The van der Waals surface area contributed by atoms with Crippen LogP contribution < -0.4 is 5.73 Å². The van der Waals surface area contributed by atoms with Gasteiger partial charge < -0.3 is 15.6 Å². The van der Waals surface area contributed by atoms with Crippen LogP contribution in [-0.2, 0) is 9.53 Å². The fraction of sp³-hybridized carbons (Fsp3) is 0.900. The maximum absolute atomic E-state index is 10.7. The number of carboxylic acid groups (broad SMARTS) is 1. The summed E-state index contributed by atoms with van der Waals surface area (Å²) in [5.74, 6) is -0.874. The van der Waals surface area contributed by atoms with E-state index in [9.17, 15) is 4.79 Å². The van der Waals surface area contributed by atoms with Gasteiger partial charge in [-0.3, -0.25) is 4.79 Å². The quantitative estimate of drug-likeness (QED) is 0.754. The Morgan fingerprint density at radius 3 is 2.73 bits per heavy atom. The molecule has 1 atom stereocenters. The third kappa shape index (κ3) is 2.44. The topological polar surface area (TPSA) is 72.6 Å². The molecule has 1 aliphatic carbocycles. The maximum Gasteiger partial charge on any atom is 0.306 e. The number of carboxylic acids is 1. The third-order valence-electron chi connectivity index (χ3n) is 3.42. The van der Waals surface area contributed by atoms with Crippen LogP contribution in [0, 0.1) is 5.92 Å². The lowest BCUT2D eigenvalue weighted by Gasteiger charge is -2.50. The van der Waals surface area contributed by atoms with E-state index in [1.165, 1.54) is 0 Å². The molecule has 0 radical (unpaired) electrons. The molecule has 2 fully saturated rings. The zero-order valence-electron chi connectivity index (χ0n) is 8.65. The molecule has 2 aliphatic rings. The molecule has 5 heteroatoms. The monoisotopic (exact) mass is 235 g/mol. The van der Waals surface area contributed by atoms with Crippen LogP contribution in [-0.4, -0.2) is 29.3 Å². The molecule has 0 aromatic carbocycles. The van der Waals surface area contributed by atoms with Crippen molar-refractivity contribution < 1.29 is 14.6 Å². The molecule has 0 aromatic heterocycles. The van der Waals surface area contributed by atoms with Gasteiger partial charge in [0.1, 0.15) is 0 Å². The predicted molar refractivity (Wildman–Crippen MR) is 58.1 cm³/mol. The highest BCUT2D eigenvalue weighted by Crippen LogP contribution is 2.47. The summed E-state index contributed by atoms with van der Waals surface area (Å²) in [5.41, 5.74) is 5.42. The molecule has 1 aliphatic heterocycles. The zero-order chi connectivity index (χ0) is 10.2. The molecule has 0 bridgehead atoms. The number of ether oxygens (including phenoxy) is 1. The second-order valence-corrected chi connectivity index (χ2v) is 4.49. The Hall–Kier alpha value is -0.320. The van der Waals surface area contributed by atoms with Gasteiger partial charge in [0.15, 0.2) is 0 Å². The summed E-state index contributed by atoms with van der Waals surface area (Å²) in [5, 5.41) is 8.79. The van der Waals surface area contributed by atoms with Crippen LogP contribution in [0.3, 0.4) is 0 Å². The number of hydrogen-bond donors (Lipinski definition) is 2. The highest BCUT2D eigenvalue weighted by molar-refractivity contribution is 5.85. The van der Waals surface area contributed by atoms with Crippen LogP contribution in [0.4, 0.5) is 0 Å². The first-order valence-corrected chi connectivity index (χ1v) is 5.26. The normalized spacial score (nSPS) is 39.3. The Morgan fingerprint density at radius 2 is 2.20 bits per heavy atom. The number of hydrogen-bond acceptors (Lipinski definition) is 3. The van der Waals surface area contributed by atoms with Crippen LogP contribution in [0.1, 0.15) is 32.1 Å². The fourth-order valence-electron chi connectivity index (χ4n) is 2.60. The summed E-state index contributed by atoms with van der Waals surface area (Å²) >= 11 is 0. The van der Waals surface area contributed by atoms with Crippen LogP contribution in [0.15, 0.2) is 0 Å². The van der Waals surface area contributed by atoms with Crippen molar-refractivity contribution in [1.82, 2.24) is 0 Å². The number of carbonyl (C=O) groups is 1. The highest BCUT2D eigenvalue weighted by Gasteiger charge is 2.50. The lowest BCUT2D eigenvalue weighted by atomic mass is 9.67. The van der Waals surface area contributed by atoms with Crippen LogP contribution in [0.5, 0.6) is 0 Å². The van der Waals surface area contributed by atoms with Gasteiger partial charge in [-0.25, -0.2) is 0 Å². The fourth-order valence-corrected chi connectivity index (χ4v) is 2.60. The minimum Gasteiger partial charge on any atom is -0.481 e. The Morgan fingerprint density at radius 1 is 1.53 bits per heavy atom. The first kappa shape index (κ1) is 12.7. The van der Waals surface area contributed by atoms with Crippen molar-refractivity contribution in [2.45, 2.75) is 43.8 Å². The largest absolute Gasteiger partial charge is 0.481 e. The third-order valence-corrected chi connectivity index (χ3v) is 3.42. The average molecular weight is 236 g/mol. The Labute approximate surface area is 95.6 Å². The number of halogens is 1. The molecule has 1 spiro atoms. The SMILES string of the molecule is Cl.NCC1CCCC2(CC(C(=O)O)C2)O1. The molecule has 3 N–H and O–H groups in total. The molecule has 15 heavy (non-hydrogen) atoms. The first-order chi connectivity index (χ1) is 6.65. The van der Waals surface area contributed by atoms with E-state index in [1.54, 1.807) is 0 Å². The number of rotatable bonds is 2. The van der Waals surface area contributed by atoms with Gasteiger partial charge in [-0.15, -0.1) is 12.4 Å². The molecule has 2 rings (SSSR count). The molecule has 1 saturated carbocycles. The smallest absolute Gasteiger partial charge is 0.306 e. The molecule has 0 amide bonds. The van der Waals surface area contributed by atoms with Crippen molar-refractivity contribution in [3.8, 4) is 0 Å². The minimum absolute atomic E-state index is 0. The van der Waals surface area contributed by atoms with E-state index in [2.05, 4.69) is 0 Å². The molecule has 0 aromatic rings. The van der Waals surface area contributed by atoms with E-state index in [0.717, 1.165) is 19.3 Å². The van der Waals surface area contributed by atoms with Gasteiger partial charge in [-0.1, -0.05) is 0 Å². The van der Waals surface area contributed by atoms with Gasteiger partial charge in [-0.2, -0.15) is 0 Å². The van der Waals surface area contributed by atoms with Crippen LogP contribution in [0.25, 0.3) is 0 Å². The lowest BCUT2D eigenvalue weighted by Crippen LogP contribution is -2.53. The van der Waals surface area contributed by atoms with Gasteiger partial charge in [-0.05, 0) is 32.1 Å². The Balaban J connectivity index is 0.00000112. The Kier molecular flexibility index (Phi) is 3.98. The van der Waals surface area contributed by atoms with Gasteiger partial charge in [0, 0.05) is 6.54 Å². The van der Waals surface area contributed by atoms with E-state index in [0.29, 0.717) is 19.4 Å².